The van der Waals surface area contributed by atoms with Crippen LogP contribution in [-0.2, 0) is 13.0 Å². The number of aliphatic hydroxyl groups excluding tert-OH is 1. The van der Waals surface area contributed by atoms with Crippen LogP contribution in [0.15, 0.2) is 73.1 Å². The number of allylic oxidation sites excluding steroid dienone is 1. The third-order valence-corrected chi connectivity index (χ3v) is 5.82. The predicted molar refractivity (Wildman–Crippen MR) is 138 cm³/mol. The molecule has 3 aromatic rings. The van der Waals surface area contributed by atoms with E-state index in [0.29, 0.717) is 35.2 Å². The molecule has 1 aromatic carbocycles. The molecule has 2 N–H and O–H groups in total. The van der Waals surface area contributed by atoms with Gasteiger partial charge in [0.2, 0.25) is 5.88 Å². The van der Waals surface area contributed by atoms with E-state index in [0.717, 1.165) is 17.5 Å². The number of hydrogen-bond donors (Lipinski definition) is 2. The van der Waals surface area contributed by atoms with Gasteiger partial charge in [-0.1, -0.05) is 48.0 Å². The van der Waals surface area contributed by atoms with Gasteiger partial charge in [-0.05, 0) is 49.2 Å². The number of amides is 1. The van der Waals surface area contributed by atoms with Gasteiger partial charge < -0.3 is 20.1 Å². The van der Waals surface area contributed by atoms with E-state index in [1.165, 1.54) is 0 Å². The Kier molecular flexibility index (Phi) is 9.78. The molecule has 0 spiro atoms. The molecule has 0 aliphatic heterocycles. The number of aromatic nitrogens is 2. The molecule has 2 heterocycles. The standard InChI is InChI=1S/C27H31ClN4O3/c1-4-5-23(26(33)22-11-12-24(28)30-17-22)29-15-14-19-6-9-21(10-7-19)27(34)32(2)18-20-8-13-25(35-3)31-16-20/h4-13,16-17,23,26,29,33H,14-15,18H2,1-3H3. The van der Waals surface area contributed by atoms with Crippen molar-refractivity contribution in [3.8, 4) is 5.88 Å². The van der Waals surface area contributed by atoms with Crippen molar-refractivity contribution in [2.75, 3.05) is 20.7 Å². The highest BCUT2D eigenvalue weighted by Crippen LogP contribution is 2.19. The van der Waals surface area contributed by atoms with Crippen LogP contribution in [0.4, 0.5) is 0 Å². The summed E-state index contributed by atoms with van der Waals surface area (Å²) in [6.07, 6.45) is 7.13. The zero-order valence-corrected chi connectivity index (χ0v) is 20.9. The van der Waals surface area contributed by atoms with E-state index in [9.17, 15) is 9.90 Å². The lowest BCUT2D eigenvalue weighted by atomic mass is 10.0. The Balaban J connectivity index is 1.53. The van der Waals surface area contributed by atoms with Crippen LogP contribution in [-0.4, -0.2) is 52.6 Å². The highest BCUT2D eigenvalue weighted by Gasteiger charge is 2.18. The van der Waals surface area contributed by atoms with E-state index in [2.05, 4.69) is 15.3 Å². The second-order valence-electron chi connectivity index (χ2n) is 8.18. The third kappa shape index (κ3) is 7.62. The van der Waals surface area contributed by atoms with Crippen LogP contribution in [0.2, 0.25) is 5.15 Å². The van der Waals surface area contributed by atoms with Gasteiger partial charge in [-0.15, -0.1) is 0 Å². The molecule has 2 atom stereocenters. The molecule has 2 aromatic heterocycles. The SMILES string of the molecule is CC=CC(NCCc1ccc(C(=O)N(C)Cc2ccc(OC)nc2)cc1)C(O)c1ccc(Cl)nc1. The first-order chi connectivity index (χ1) is 16.9. The molecule has 0 aliphatic carbocycles. The molecular formula is C27H31ClN4O3. The van der Waals surface area contributed by atoms with Crippen LogP contribution in [0.5, 0.6) is 5.88 Å². The summed E-state index contributed by atoms with van der Waals surface area (Å²) in [5, 5.41) is 14.5. The smallest absolute Gasteiger partial charge is 0.253 e. The molecule has 0 saturated heterocycles. The third-order valence-electron chi connectivity index (χ3n) is 5.60. The monoisotopic (exact) mass is 494 g/mol. The summed E-state index contributed by atoms with van der Waals surface area (Å²) in [6, 6.07) is 14.5. The first kappa shape index (κ1) is 26.3. The van der Waals surface area contributed by atoms with E-state index in [1.807, 2.05) is 49.4 Å². The molecule has 2 unspecified atom stereocenters. The fourth-order valence-corrected chi connectivity index (χ4v) is 3.76. The van der Waals surface area contributed by atoms with Gasteiger partial charge in [-0.25, -0.2) is 9.97 Å². The Morgan fingerprint density at radius 2 is 1.86 bits per heavy atom. The quantitative estimate of drug-likeness (QED) is 0.306. The molecule has 0 aliphatic rings. The van der Waals surface area contributed by atoms with Gasteiger partial charge in [0.1, 0.15) is 5.15 Å². The van der Waals surface area contributed by atoms with Gasteiger partial charge in [0.25, 0.3) is 5.91 Å². The first-order valence-electron chi connectivity index (χ1n) is 11.4. The largest absolute Gasteiger partial charge is 0.481 e. The number of pyridine rings is 2. The van der Waals surface area contributed by atoms with Crippen LogP contribution in [0, 0.1) is 0 Å². The zero-order chi connectivity index (χ0) is 25.2. The normalized spacial score (nSPS) is 12.9. The molecule has 0 fully saturated rings. The summed E-state index contributed by atoms with van der Waals surface area (Å²) in [7, 11) is 3.34. The second-order valence-corrected chi connectivity index (χ2v) is 8.57. The van der Waals surface area contributed by atoms with E-state index in [1.54, 1.807) is 49.7 Å². The number of rotatable bonds is 11. The van der Waals surface area contributed by atoms with Crippen molar-refractivity contribution in [3.05, 3.63) is 100 Å². The minimum atomic E-state index is -0.743. The van der Waals surface area contributed by atoms with Gasteiger partial charge in [0.15, 0.2) is 0 Å². The van der Waals surface area contributed by atoms with Crippen molar-refractivity contribution in [2.45, 2.75) is 32.0 Å². The topological polar surface area (TPSA) is 87.6 Å². The van der Waals surface area contributed by atoms with E-state index < -0.39 is 6.10 Å². The molecule has 0 saturated carbocycles. The van der Waals surface area contributed by atoms with E-state index in [-0.39, 0.29) is 11.9 Å². The number of halogens is 1. The molecule has 1 amide bonds. The average molecular weight is 495 g/mol. The second kappa shape index (κ2) is 13.0. The van der Waals surface area contributed by atoms with Gasteiger partial charge in [0.05, 0.1) is 19.3 Å². The number of hydrogen-bond acceptors (Lipinski definition) is 6. The molecule has 8 heteroatoms. The van der Waals surface area contributed by atoms with Crippen molar-refractivity contribution in [1.82, 2.24) is 20.2 Å². The highest BCUT2D eigenvalue weighted by molar-refractivity contribution is 6.29. The fraction of sp³-hybridized carbons (Fsp3) is 0.296. The predicted octanol–water partition coefficient (Wildman–Crippen LogP) is 4.22. The summed E-state index contributed by atoms with van der Waals surface area (Å²) >= 11 is 5.85. The van der Waals surface area contributed by atoms with Crippen molar-refractivity contribution in [3.63, 3.8) is 0 Å². The van der Waals surface area contributed by atoms with Crippen LogP contribution in [0.3, 0.4) is 0 Å². The lowest BCUT2D eigenvalue weighted by molar-refractivity contribution is 0.0785. The molecule has 184 valence electrons. The molecule has 3 rings (SSSR count). The van der Waals surface area contributed by atoms with Crippen LogP contribution in [0.1, 0.15) is 40.1 Å². The summed E-state index contributed by atoms with van der Waals surface area (Å²) < 4.78 is 5.07. The number of nitrogens with zero attached hydrogens (tertiary/aromatic N) is 3. The van der Waals surface area contributed by atoms with Crippen molar-refractivity contribution in [1.29, 1.82) is 0 Å². The van der Waals surface area contributed by atoms with Crippen LogP contribution in [0.25, 0.3) is 0 Å². The average Bonchev–Trinajstić information content (AvgIpc) is 2.88. The highest BCUT2D eigenvalue weighted by atomic mass is 35.5. The maximum absolute atomic E-state index is 12.8. The number of aliphatic hydroxyl groups is 1. The van der Waals surface area contributed by atoms with Crippen molar-refractivity contribution < 1.29 is 14.6 Å². The fourth-order valence-electron chi connectivity index (χ4n) is 3.65. The van der Waals surface area contributed by atoms with Gasteiger partial charge >= 0.3 is 0 Å². The molecule has 35 heavy (non-hydrogen) atoms. The van der Waals surface area contributed by atoms with Crippen molar-refractivity contribution in [2.24, 2.45) is 0 Å². The van der Waals surface area contributed by atoms with E-state index in [4.69, 9.17) is 16.3 Å². The lowest BCUT2D eigenvalue weighted by Gasteiger charge is -2.21. The number of ether oxygens (including phenoxy) is 1. The number of benzene rings is 1. The summed E-state index contributed by atoms with van der Waals surface area (Å²) in [4.78, 5) is 22.7. The molecular weight excluding hydrogens is 464 g/mol. The van der Waals surface area contributed by atoms with Gasteiger partial charge in [-0.2, -0.15) is 0 Å². The Bertz CT molecular complexity index is 1100. The summed E-state index contributed by atoms with van der Waals surface area (Å²) in [5.41, 5.74) is 3.35. The summed E-state index contributed by atoms with van der Waals surface area (Å²) in [6.45, 7) is 3.03. The number of methoxy groups -OCH3 is 1. The number of nitrogens with one attached hydrogen (secondary N) is 1. The zero-order valence-electron chi connectivity index (χ0n) is 20.2. The maximum Gasteiger partial charge on any atom is 0.253 e. The molecule has 0 radical (unpaired) electrons. The lowest BCUT2D eigenvalue weighted by Crippen LogP contribution is -2.34. The van der Waals surface area contributed by atoms with Gasteiger partial charge in [0, 0.05) is 43.2 Å². The molecule has 0 bridgehead atoms. The van der Waals surface area contributed by atoms with Crippen LogP contribution < -0.4 is 10.1 Å². The van der Waals surface area contributed by atoms with Gasteiger partial charge in [-0.3, -0.25) is 4.79 Å². The minimum absolute atomic E-state index is 0.0571. The van der Waals surface area contributed by atoms with Crippen LogP contribution >= 0.6 is 11.6 Å². The summed E-state index contributed by atoms with van der Waals surface area (Å²) in [5.74, 6) is 0.486. The Morgan fingerprint density at radius 1 is 1.11 bits per heavy atom. The Morgan fingerprint density at radius 3 is 2.46 bits per heavy atom. The number of carbonyl (C=O) groups is 1. The Labute approximate surface area is 211 Å². The Hall–Kier alpha value is -3.26. The number of carbonyl (C=O) groups excluding carboxylic acids is 1. The molecule has 7 nitrogen and oxygen atoms in total. The maximum atomic E-state index is 12.8. The van der Waals surface area contributed by atoms with Crippen molar-refractivity contribution >= 4 is 17.5 Å². The minimum Gasteiger partial charge on any atom is -0.481 e. The van der Waals surface area contributed by atoms with E-state index >= 15 is 0 Å². The first-order valence-corrected chi connectivity index (χ1v) is 11.8.